The Balaban J connectivity index is 2.91. The van der Waals surface area contributed by atoms with E-state index < -0.39 is 16.4 Å². The second-order valence-electron chi connectivity index (χ2n) is 4.75. The monoisotopic (exact) mass is 252 g/mol. The van der Waals surface area contributed by atoms with E-state index in [1.54, 1.807) is 20.8 Å². The zero-order valence-corrected chi connectivity index (χ0v) is 10.6. The Morgan fingerprint density at radius 3 is 2.72 bits per heavy atom. The van der Waals surface area contributed by atoms with Crippen LogP contribution in [-0.4, -0.2) is 27.9 Å². The molecule has 0 spiro atoms. The number of nitrogens with zero attached hydrogens (tertiary/aromatic N) is 2. The van der Waals surface area contributed by atoms with Crippen molar-refractivity contribution >= 4 is 11.6 Å². The summed E-state index contributed by atoms with van der Waals surface area (Å²) in [7, 11) is 0. The molecule has 0 aromatic carbocycles. The summed E-state index contributed by atoms with van der Waals surface area (Å²) in [5, 5.41) is 13.2. The van der Waals surface area contributed by atoms with Crippen molar-refractivity contribution in [1.82, 2.24) is 10.3 Å². The SMILES string of the molecule is Cc1ncc([N+](=O)[O-])cc1C(=O)NCC(C)(C)N. The Kier molecular flexibility index (Phi) is 3.97. The molecule has 1 heterocycles. The van der Waals surface area contributed by atoms with Crippen molar-refractivity contribution in [1.29, 1.82) is 0 Å². The summed E-state index contributed by atoms with van der Waals surface area (Å²) in [5.74, 6) is -0.415. The molecule has 0 fully saturated rings. The van der Waals surface area contributed by atoms with Crippen LogP contribution in [0.2, 0.25) is 0 Å². The van der Waals surface area contributed by atoms with E-state index >= 15 is 0 Å². The van der Waals surface area contributed by atoms with Gasteiger partial charge in [-0.2, -0.15) is 0 Å². The molecule has 0 radical (unpaired) electrons. The van der Waals surface area contributed by atoms with Crippen LogP contribution in [0.4, 0.5) is 5.69 Å². The standard InChI is InChI=1S/C11H16N4O3/c1-7-9(4-8(5-13-7)15(17)18)10(16)14-6-11(2,3)12/h4-5H,6,12H2,1-3H3,(H,14,16). The Morgan fingerprint density at radius 2 is 2.22 bits per heavy atom. The lowest BCUT2D eigenvalue weighted by Gasteiger charge is -2.19. The van der Waals surface area contributed by atoms with Gasteiger partial charge in [0.25, 0.3) is 11.6 Å². The first-order valence-electron chi connectivity index (χ1n) is 5.39. The maximum atomic E-state index is 11.9. The molecule has 0 aliphatic rings. The quantitative estimate of drug-likeness (QED) is 0.607. The molecule has 0 aliphatic heterocycles. The van der Waals surface area contributed by atoms with Crippen molar-refractivity contribution in [3.05, 3.63) is 33.6 Å². The Hall–Kier alpha value is -2.02. The van der Waals surface area contributed by atoms with Crippen molar-refractivity contribution in [2.45, 2.75) is 26.3 Å². The molecule has 0 saturated carbocycles. The van der Waals surface area contributed by atoms with Gasteiger partial charge in [0.1, 0.15) is 6.20 Å². The fraction of sp³-hybridized carbons (Fsp3) is 0.455. The van der Waals surface area contributed by atoms with Crippen molar-refractivity contribution in [2.24, 2.45) is 5.73 Å². The van der Waals surface area contributed by atoms with Gasteiger partial charge < -0.3 is 11.1 Å². The molecule has 18 heavy (non-hydrogen) atoms. The fourth-order valence-corrected chi connectivity index (χ4v) is 1.26. The number of hydrogen-bond acceptors (Lipinski definition) is 5. The molecule has 0 atom stereocenters. The molecule has 7 heteroatoms. The lowest BCUT2D eigenvalue weighted by molar-refractivity contribution is -0.385. The third-order valence-electron chi connectivity index (χ3n) is 2.23. The second-order valence-corrected chi connectivity index (χ2v) is 4.75. The van der Waals surface area contributed by atoms with Gasteiger partial charge in [-0.3, -0.25) is 19.9 Å². The summed E-state index contributed by atoms with van der Waals surface area (Å²) in [6.07, 6.45) is 1.12. The third kappa shape index (κ3) is 3.77. The smallest absolute Gasteiger partial charge is 0.288 e. The molecule has 1 amide bonds. The van der Waals surface area contributed by atoms with E-state index in [1.165, 1.54) is 6.07 Å². The predicted octanol–water partition coefficient (Wildman–Crippen LogP) is 0.765. The second kappa shape index (κ2) is 5.09. The minimum Gasteiger partial charge on any atom is -0.350 e. The van der Waals surface area contributed by atoms with Gasteiger partial charge >= 0.3 is 0 Å². The first kappa shape index (κ1) is 14.0. The summed E-state index contributed by atoms with van der Waals surface area (Å²) in [5.41, 5.74) is 5.61. The van der Waals surface area contributed by atoms with Gasteiger partial charge in [0.05, 0.1) is 16.2 Å². The minimum atomic E-state index is -0.587. The van der Waals surface area contributed by atoms with Crippen LogP contribution < -0.4 is 11.1 Å². The highest BCUT2D eigenvalue weighted by Gasteiger charge is 2.18. The molecule has 0 bridgehead atoms. The zero-order valence-electron chi connectivity index (χ0n) is 10.6. The van der Waals surface area contributed by atoms with Gasteiger partial charge in [0.2, 0.25) is 0 Å². The third-order valence-corrected chi connectivity index (χ3v) is 2.23. The average Bonchev–Trinajstić information content (AvgIpc) is 2.25. The van der Waals surface area contributed by atoms with Crippen LogP contribution in [0.3, 0.4) is 0 Å². The predicted molar refractivity (Wildman–Crippen MR) is 66.2 cm³/mol. The number of amides is 1. The summed E-state index contributed by atoms with van der Waals surface area (Å²) < 4.78 is 0. The molecule has 1 rings (SSSR count). The van der Waals surface area contributed by atoms with E-state index in [2.05, 4.69) is 10.3 Å². The zero-order chi connectivity index (χ0) is 13.9. The van der Waals surface area contributed by atoms with E-state index in [4.69, 9.17) is 5.73 Å². The number of hydrogen-bond donors (Lipinski definition) is 2. The summed E-state index contributed by atoms with van der Waals surface area (Å²) in [4.78, 5) is 25.7. The summed E-state index contributed by atoms with van der Waals surface area (Å²) in [6.45, 7) is 5.43. The van der Waals surface area contributed by atoms with Gasteiger partial charge in [0, 0.05) is 18.2 Å². The van der Waals surface area contributed by atoms with Crippen LogP contribution in [0.1, 0.15) is 29.9 Å². The number of aromatic nitrogens is 1. The molecule has 0 unspecified atom stereocenters. The average molecular weight is 252 g/mol. The Labute approximate surface area is 105 Å². The number of nitrogens with one attached hydrogen (secondary N) is 1. The first-order chi connectivity index (χ1) is 8.20. The van der Waals surface area contributed by atoms with Gasteiger partial charge in [-0.15, -0.1) is 0 Å². The van der Waals surface area contributed by atoms with Gasteiger partial charge in [0.15, 0.2) is 0 Å². The summed E-state index contributed by atoms with van der Waals surface area (Å²) in [6, 6.07) is 1.21. The maximum absolute atomic E-state index is 11.9. The topological polar surface area (TPSA) is 111 Å². The van der Waals surface area contributed by atoms with Crippen LogP contribution >= 0.6 is 0 Å². The van der Waals surface area contributed by atoms with E-state index in [0.29, 0.717) is 5.69 Å². The van der Waals surface area contributed by atoms with Crippen LogP contribution in [0.25, 0.3) is 0 Å². The molecule has 7 nitrogen and oxygen atoms in total. The highest BCUT2D eigenvalue weighted by Crippen LogP contribution is 2.14. The summed E-state index contributed by atoms with van der Waals surface area (Å²) >= 11 is 0. The number of pyridine rings is 1. The van der Waals surface area contributed by atoms with E-state index in [9.17, 15) is 14.9 Å². The lowest BCUT2D eigenvalue weighted by atomic mass is 10.1. The van der Waals surface area contributed by atoms with Crippen molar-refractivity contribution < 1.29 is 9.72 Å². The van der Waals surface area contributed by atoms with Crippen LogP contribution in [-0.2, 0) is 0 Å². The van der Waals surface area contributed by atoms with Gasteiger partial charge in [-0.05, 0) is 20.8 Å². The van der Waals surface area contributed by atoms with Crippen LogP contribution in [0.15, 0.2) is 12.3 Å². The first-order valence-corrected chi connectivity index (χ1v) is 5.39. The number of carbonyl (C=O) groups is 1. The Bertz CT molecular complexity index is 480. The maximum Gasteiger partial charge on any atom is 0.288 e. The van der Waals surface area contributed by atoms with Gasteiger partial charge in [-0.25, -0.2) is 0 Å². The highest BCUT2D eigenvalue weighted by atomic mass is 16.6. The van der Waals surface area contributed by atoms with Crippen LogP contribution in [0, 0.1) is 17.0 Å². The van der Waals surface area contributed by atoms with Gasteiger partial charge in [-0.1, -0.05) is 0 Å². The lowest BCUT2D eigenvalue weighted by Crippen LogP contribution is -2.45. The number of nitro groups is 1. The number of rotatable bonds is 4. The molecule has 0 saturated heterocycles. The highest BCUT2D eigenvalue weighted by molar-refractivity contribution is 5.95. The molecule has 1 aromatic heterocycles. The largest absolute Gasteiger partial charge is 0.350 e. The molecule has 0 aliphatic carbocycles. The molecule has 3 N–H and O–H groups in total. The molecule has 98 valence electrons. The van der Waals surface area contributed by atoms with Crippen molar-refractivity contribution in [3.8, 4) is 0 Å². The van der Waals surface area contributed by atoms with Crippen molar-refractivity contribution in [3.63, 3.8) is 0 Å². The normalized spacial score (nSPS) is 11.1. The van der Waals surface area contributed by atoms with Crippen LogP contribution in [0.5, 0.6) is 0 Å². The van der Waals surface area contributed by atoms with E-state index in [1.807, 2.05) is 0 Å². The number of nitrogens with two attached hydrogens (primary N) is 1. The fourth-order valence-electron chi connectivity index (χ4n) is 1.26. The minimum absolute atomic E-state index is 0.188. The molecule has 1 aromatic rings. The number of carbonyl (C=O) groups excluding carboxylic acids is 1. The van der Waals surface area contributed by atoms with E-state index in [-0.39, 0.29) is 17.8 Å². The molecular weight excluding hydrogens is 236 g/mol. The van der Waals surface area contributed by atoms with E-state index in [0.717, 1.165) is 6.20 Å². The number of aryl methyl sites for hydroxylation is 1. The Morgan fingerprint density at radius 1 is 1.61 bits per heavy atom. The van der Waals surface area contributed by atoms with Crippen molar-refractivity contribution in [2.75, 3.05) is 6.54 Å². The molecular formula is C11H16N4O3.